The molecule has 36 heavy (non-hydrogen) atoms. The van der Waals surface area contributed by atoms with Crippen LogP contribution in [0.3, 0.4) is 0 Å². The number of benzene rings is 1. The van der Waals surface area contributed by atoms with Crippen LogP contribution in [0, 0.1) is 5.41 Å². The highest BCUT2D eigenvalue weighted by molar-refractivity contribution is 7.93. The van der Waals surface area contributed by atoms with Crippen LogP contribution in [0.5, 0.6) is 0 Å². The molecule has 2 aliphatic rings. The predicted octanol–water partition coefficient (Wildman–Crippen LogP) is 1.65. The number of aryl methyl sites for hydroxylation is 1. The van der Waals surface area contributed by atoms with Crippen molar-refractivity contribution in [2.45, 2.75) is 50.3 Å². The van der Waals surface area contributed by atoms with Gasteiger partial charge in [-0.05, 0) is 40.6 Å². The number of tetrazole rings is 1. The lowest BCUT2D eigenvalue weighted by molar-refractivity contribution is -0.124. The SMILES string of the molecule is CO[C@H]1C(=S)N2C(C(=O)C(C)(C)C)=C(C)C(Cc3ccc(C(=O)O)cc3)(c3nnnn3C)S(=O)(=O)[C@H]12. The number of hydrogen-bond donors (Lipinski definition) is 1. The summed E-state index contributed by atoms with van der Waals surface area (Å²) >= 11 is 5.49. The second-order valence-corrected chi connectivity index (χ2v) is 12.7. The minimum absolute atomic E-state index is 0.0360. The van der Waals surface area contributed by atoms with Crippen molar-refractivity contribution in [2.24, 2.45) is 12.5 Å². The fourth-order valence-electron chi connectivity index (χ4n) is 4.85. The quantitative estimate of drug-likeness (QED) is 0.541. The zero-order valence-corrected chi connectivity index (χ0v) is 22.3. The summed E-state index contributed by atoms with van der Waals surface area (Å²) in [5.41, 5.74) is 0.174. The van der Waals surface area contributed by atoms with E-state index < -0.39 is 37.4 Å². The van der Waals surface area contributed by atoms with Gasteiger partial charge < -0.3 is 14.7 Å². The summed E-state index contributed by atoms with van der Waals surface area (Å²) in [4.78, 5) is 26.7. The van der Waals surface area contributed by atoms with E-state index in [0.29, 0.717) is 5.56 Å². The summed E-state index contributed by atoms with van der Waals surface area (Å²) in [6.07, 6.45) is -1.07. The average Bonchev–Trinajstić information content (AvgIpc) is 3.22. The van der Waals surface area contributed by atoms with Gasteiger partial charge in [-0.3, -0.25) is 4.79 Å². The normalized spacial score (nSPS) is 25.4. The fourth-order valence-corrected chi connectivity index (χ4v) is 8.23. The van der Waals surface area contributed by atoms with Crippen LogP contribution in [0.25, 0.3) is 0 Å². The van der Waals surface area contributed by atoms with E-state index in [0.717, 1.165) is 0 Å². The molecule has 1 aromatic heterocycles. The van der Waals surface area contributed by atoms with Gasteiger partial charge in [0.2, 0.25) is 0 Å². The van der Waals surface area contributed by atoms with Gasteiger partial charge in [-0.2, -0.15) is 0 Å². The van der Waals surface area contributed by atoms with Gasteiger partial charge in [-0.15, -0.1) is 5.10 Å². The van der Waals surface area contributed by atoms with Crippen LogP contribution >= 0.6 is 12.2 Å². The molecule has 1 N–H and O–H groups in total. The van der Waals surface area contributed by atoms with Crippen LogP contribution in [-0.2, 0) is 37.6 Å². The molecular weight excluding hydrogens is 506 g/mol. The molecule has 0 saturated carbocycles. The minimum atomic E-state index is -4.23. The number of nitrogens with zero attached hydrogens (tertiary/aromatic N) is 5. The lowest BCUT2D eigenvalue weighted by atomic mass is 9.81. The first-order valence-electron chi connectivity index (χ1n) is 11.1. The molecule has 0 radical (unpaired) electrons. The zero-order valence-electron chi connectivity index (χ0n) is 20.7. The van der Waals surface area contributed by atoms with E-state index >= 15 is 0 Å². The molecule has 3 heterocycles. The van der Waals surface area contributed by atoms with Crippen molar-refractivity contribution in [1.82, 2.24) is 25.1 Å². The average molecular weight is 534 g/mol. The van der Waals surface area contributed by atoms with E-state index in [9.17, 15) is 23.1 Å². The van der Waals surface area contributed by atoms with Crippen LogP contribution < -0.4 is 0 Å². The molecule has 1 saturated heterocycles. The fraction of sp³-hybridized carbons (Fsp3) is 0.478. The molecule has 2 aromatic rings. The van der Waals surface area contributed by atoms with Crippen LogP contribution in [0.2, 0.25) is 0 Å². The van der Waals surface area contributed by atoms with E-state index in [-0.39, 0.29) is 39.9 Å². The van der Waals surface area contributed by atoms with E-state index in [1.165, 1.54) is 35.9 Å². The number of methoxy groups -OCH3 is 1. The number of ketones is 1. The number of rotatable bonds is 6. The number of allylic oxidation sites excluding steroid dienone is 1. The van der Waals surface area contributed by atoms with Crippen molar-refractivity contribution in [1.29, 1.82) is 0 Å². The van der Waals surface area contributed by atoms with Gasteiger partial charge in [-0.25, -0.2) is 17.9 Å². The van der Waals surface area contributed by atoms with Crippen molar-refractivity contribution < 1.29 is 27.9 Å². The van der Waals surface area contributed by atoms with Crippen LogP contribution in [0.4, 0.5) is 0 Å². The smallest absolute Gasteiger partial charge is 0.335 e. The third kappa shape index (κ3) is 3.51. The summed E-state index contributed by atoms with van der Waals surface area (Å²) in [6, 6.07) is 5.90. The van der Waals surface area contributed by atoms with Gasteiger partial charge in [0, 0.05) is 26.0 Å². The number of hydrogen-bond acceptors (Lipinski definition) is 9. The number of aromatic carboxylic acids is 1. The highest BCUT2D eigenvalue weighted by Gasteiger charge is 2.68. The largest absolute Gasteiger partial charge is 0.478 e. The van der Waals surface area contributed by atoms with E-state index in [2.05, 4.69) is 15.5 Å². The molecule has 0 amide bonds. The minimum Gasteiger partial charge on any atom is -0.478 e. The predicted molar refractivity (Wildman–Crippen MR) is 133 cm³/mol. The third-order valence-electron chi connectivity index (χ3n) is 6.79. The third-order valence-corrected chi connectivity index (χ3v) is 9.91. The Morgan fingerprint density at radius 1 is 1.22 bits per heavy atom. The molecule has 0 spiro atoms. The molecule has 13 heteroatoms. The van der Waals surface area contributed by atoms with Crippen molar-refractivity contribution in [3.63, 3.8) is 0 Å². The summed E-state index contributed by atoms with van der Waals surface area (Å²) < 4.78 is 34.0. The Kier molecular flexibility index (Phi) is 6.17. The van der Waals surface area contributed by atoms with E-state index in [4.69, 9.17) is 17.0 Å². The number of carbonyl (C=O) groups is 2. The maximum atomic E-state index is 14.5. The molecule has 3 atom stereocenters. The summed E-state index contributed by atoms with van der Waals surface area (Å²) in [7, 11) is -1.32. The number of ether oxygens (including phenoxy) is 1. The maximum Gasteiger partial charge on any atom is 0.335 e. The molecule has 1 unspecified atom stereocenters. The second-order valence-electron chi connectivity index (χ2n) is 9.98. The summed E-state index contributed by atoms with van der Waals surface area (Å²) in [5, 5.41) is 19.7. The number of fused-ring (bicyclic) bond motifs is 1. The molecule has 1 aromatic carbocycles. The highest BCUT2D eigenvalue weighted by Crippen LogP contribution is 2.53. The molecular formula is C23H27N5O6S2. The Hall–Kier alpha value is -3.03. The number of aromatic nitrogens is 4. The number of carbonyl (C=O) groups excluding carboxylic acids is 1. The van der Waals surface area contributed by atoms with Crippen LogP contribution in [0.1, 0.15) is 49.4 Å². The van der Waals surface area contributed by atoms with Gasteiger partial charge in [0.15, 0.2) is 31.6 Å². The standard InChI is InChI=1S/C23H27N5O6S2/c1-12-15(17(29)22(2,3)4)28-18(35)16(34-6)19(28)36(32,33)23(12,21-24-25-26-27(21)5)11-13-7-9-14(10-8-13)20(30)31/h7-10,16,19H,11H2,1-6H3,(H,30,31)/t16-,19+,23?/m0/s1. The second kappa shape index (κ2) is 8.53. The first kappa shape index (κ1) is 26.0. The van der Waals surface area contributed by atoms with Crippen LogP contribution in [0.15, 0.2) is 35.5 Å². The first-order valence-corrected chi connectivity index (χ1v) is 13.1. The highest BCUT2D eigenvalue weighted by atomic mass is 32.2. The van der Waals surface area contributed by atoms with Gasteiger partial charge in [0.25, 0.3) is 0 Å². The van der Waals surface area contributed by atoms with E-state index in [1.54, 1.807) is 39.8 Å². The number of Topliss-reactive ketones (excluding diaryl/α,β-unsaturated/α-hetero) is 1. The van der Waals surface area contributed by atoms with Crippen molar-refractivity contribution in [3.05, 3.63) is 52.5 Å². The Bertz CT molecular complexity index is 1410. The Balaban J connectivity index is 2.07. The number of thiocarbonyl (C=S) groups is 1. The monoisotopic (exact) mass is 533 g/mol. The topological polar surface area (TPSA) is 145 Å². The van der Waals surface area contributed by atoms with Crippen LogP contribution in [-0.4, -0.2) is 74.0 Å². The Morgan fingerprint density at radius 2 is 1.83 bits per heavy atom. The van der Waals surface area contributed by atoms with Gasteiger partial charge in [0.05, 0.1) is 11.3 Å². The summed E-state index contributed by atoms with van der Waals surface area (Å²) in [5.74, 6) is -1.35. The molecule has 0 aliphatic carbocycles. The Labute approximate surface area is 214 Å². The molecule has 0 bridgehead atoms. The van der Waals surface area contributed by atoms with E-state index in [1.807, 2.05) is 0 Å². The summed E-state index contributed by atoms with van der Waals surface area (Å²) in [6.45, 7) is 6.84. The van der Waals surface area contributed by atoms with Gasteiger partial charge in [0.1, 0.15) is 11.1 Å². The number of carboxylic acids is 1. The lowest BCUT2D eigenvalue weighted by Gasteiger charge is -2.56. The molecule has 192 valence electrons. The van der Waals surface area contributed by atoms with Crippen molar-refractivity contribution in [2.75, 3.05) is 7.11 Å². The molecule has 1 fully saturated rings. The number of carboxylic acid groups (broad SMARTS) is 1. The van der Waals surface area contributed by atoms with Gasteiger partial charge in [-0.1, -0.05) is 45.1 Å². The van der Waals surface area contributed by atoms with Gasteiger partial charge >= 0.3 is 5.97 Å². The van der Waals surface area contributed by atoms with Crippen molar-refractivity contribution >= 4 is 38.8 Å². The molecule has 11 nitrogen and oxygen atoms in total. The molecule has 2 aliphatic heterocycles. The maximum absolute atomic E-state index is 14.5. The lowest BCUT2D eigenvalue weighted by Crippen LogP contribution is -2.73. The van der Waals surface area contributed by atoms with Crippen molar-refractivity contribution in [3.8, 4) is 0 Å². The number of sulfone groups is 1. The Morgan fingerprint density at radius 3 is 2.31 bits per heavy atom. The zero-order chi connectivity index (χ0) is 26.8. The molecule has 4 rings (SSSR count). The first-order chi connectivity index (χ1) is 16.7.